The van der Waals surface area contributed by atoms with Crippen LogP contribution in [0.25, 0.3) is 12.4 Å². The third kappa shape index (κ3) is 5.58. The summed E-state index contributed by atoms with van der Waals surface area (Å²) in [6.45, 7) is 0.256. The Hall–Kier alpha value is -3.84. The van der Waals surface area contributed by atoms with E-state index in [9.17, 15) is 19.2 Å². The predicted molar refractivity (Wildman–Crippen MR) is 90.2 cm³/mol. The van der Waals surface area contributed by atoms with Crippen molar-refractivity contribution in [2.45, 2.75) is 26.9 Å². The van der Waals surface area contributed by atoms with Crippen LogP contribution in [0.1, 0.15) is 13.8 Å². The number of tetrazole rings is 2. The smallest absolute Gasteiger partial charge is 0.367 e. The number of aromatic nitrogens is 8. The van der Waals surface area contributed by atoms with Crippen LogP contribution in [0.15, 0.2) is 21.7 Å². The summed E-state index contributed by atoms with van der Waals surface area (Å²) < 4.78 is 8.08. The molecule has 0 radical (unpaired) electrons. The second kappa shape index (κ2) is 9.59. The molecule has 0 aliphatic carbocycles. The number of esters is 1. The van der Waals surface area contributed by atoms with Gasteiger partial charge in [0.1, 0.15) is 0 Å². The van der Waals surface area contributed by atoms with Gasteiger partial charge in [-0.25, -0.2) is 19.2 Å². The summed E-state index contributed by atoms with van der Waals surface area (Å²) in [6, 6.07) is 0. The fraction of sp³-hybridized carbons (Fsp3) is 0.385. The molecular formula is C13H18N8O6. The van der Waals surface area contributed by atoms with Crippen LogP contribution in [-0.4, -0.2) is 63.7 Å². The van der Waals surface area contributed by atoms with Crippen molar-refractivity contribution in [1.82, 2.24) is 39.6 Å². The van der Waals surface area contributed by atoms with Crippen LogP contribution in [0.5, 0.6) is 0 Å². The molecule has 2 heterocycles. The second-order valence-corrected chi connectivity index (χ2v) is 4.70. The van der Waals surface area contributed by atoms with E-state index in [2.05, 4.69) is 25.6 Å². The maximum absolute atomic E-state index is 12.0. The first-order valence-electron chi connectivity index (χ1n) is 7.14. The topological polar surface area (TPSA) is 169 Å². The van der Waals surface area contributed by atoms with Gasteiger partial charge in [-0.15, -0.1) is 0 Å². The highest BCUT2D eigenvalue weighted by molar-refractivity contribution is 5.84. The molecule has 2 aromatic rings. The monoisotopic (exact) mass is 382 g/mol. The zero-order valence-electron chi connectivity index (χ0n) is 13.5. The van der Waals surface area contributed by atoms with Gasteiger partial charge in [0.2, 0.25) is 0 Å². The number of carbonyl (C=O) groups excluding carboxylic acids is 1. The molecule has 1 N–H and O–H groups in total. The van der Waals surface area contributed by atoms with Crippen molar-refractivity contribution in [2.75, 3.05) is 7.11 Å². The highest BCUT2D eigenvalue weighted by Gasteiger charge is 2.08. The van der Waals surface area contributed by atoms with Crippen molar-refractivity contribution in [3.05, 3.63) is 33.1 Å². The summed E-state index contributed by atoms with van der Waals surface area (Å²) in [5.41, 5.74) is -1.20. The van der Waals surface area contributed by atoms with Crippen LogP contribution in [0.2, 0.25) is 0 Å². The van der Waals surface area contributed by atoms with E-state index in [4.69, 9.17) is 5.11 Å². The maximum Gasteiger partial charge on any atom is 0.367 e. The van der Waals surface area contributed by atoms with Crippen molar-refractivity contribution < 1.29 is 19.4 Å². The molecule has 0 aromatic carbocycles. The number of hydrogen-bond donors (Lipinski definition) is 1. The van der Waals surface area contributed by atoms with Gasteiger partial charge in [-0.3, -0.25) is 0 Å². The molecule has 0 fully saturated rings. The number of hydrogen-bond acceptors (Lipinski definition) is 9. The molecule has 2 rings (SSSR count). The minimum Gasteiger partial charge on any atom is -0.478 e. The van der Waals surface area contributed by atoms with Gasteiger partial charge in [0.15, 0.2) is 0 Å². The van der Waals surface area contributed by atoms with Crippen molar-refractivity contribution in [3.8, 4) is 0 Å². The number of aliphatic carboxylic acids is 1. The number of rotatable bonds is 8. The quantitative estimate of drug-likeness (QED) is 0.402. The molecule has 0 amide bonds. The standard InChI is InChI=1S/C12H14N8O6.CH4/c1-26-10(23)4-8-20-12(25)18(14-16-20)6-2-5-17-11(24)19(15-13-17)7-3-9(21)22;/h3-4,7-8H,2,5-6H2,1H3,(H,21,22);1H4/b7-3+,8-4-;. The van der Waals surface area contributed by atoms with E-state index >= 15 is 0 Å². The molecule has 0 atom stereocenters. The van der Waals surface area contributed by atoms with Gasteiger partial charge in [-0.2, -0.15) is 18.7 Å². The third-order valence-corrected chi connectivity index (χ3v) is 2.97. The normalized spacial score (nSPS) is 11.0. The first kappa shape index (κ1) is 21.2. The Bertz CT molecular complexity index is 962. The van der Waals surface area contributed by atoms with Crippen LogP contribution in [0, 0.1) is 0 Å². The Morgan fingerprint density at radius 2 is 1.44 bits per heavy atom. The molecule has 0 aliphatic rings. The lowest BCUT2D eigenvalue weighted by atomic mass is 10.4. The largest absolute Gasteiger partial charge is 0.478 e. The van der Waals surface area contributed by atoms with E-state index in [1.165, 1.54) is 7.11 Å². The van der Waals surface area contributed by atoms with E-state index in [0.29, 0.717) is 6.42 Å². The highest BCUT2D eigenvalue weighted by Crippen LogP contribution is 1.89. The van der Waals surface area contributed by atoms with Gasteiger partial charge in [-0.05, 0) is 27.3 Å². The number of carboxylic acid groups (broad SMARTS) is 1. The number of nitrogens with zero attached hydrogens (tertiary/aromatic N) is 8. The summed E-state index contributed by atoms with van der Waals surface area (Å²) >= 11 is 0. The third-order valence-electron chi connectivity index (χ3n) is 2.97. The Morgan fingerprint density at radius 1 is 0.963 bits per heavy atom. The van der Waals surface area contributed by atoms with Crippen LogP contribution in [-0.2, 0) is 27.4 Å². The number of aryl methyl sites for hydroxylation is 2. The Labute approximate surface area is 151 Å². The molecule has 0 saturated heterocycles. The van der Waals surface area contributed by atoms with E-state index < -0.39 is 23.3 Å². The lowest BCUT2D eigenvalue weighted by Gasteiger charge is -1.98. The second-order valence-electron chi connectivity index (χ2n) is 4.70. The average Bonchev–Trinajstić information content (AvgIpc) is 3.14. The van der Waals surface area contributed by atoms with Crippen LogP contribution < -0.4 is 11.4 Å². The van der Waals surface area contributed by atoms with Gasteiger partial charge >= 0.3 is 23.3 Å². The number of methoxy groups -OCH3 is 1. The number of ether oxygens (including phenoxy) is 1. The number of carbonyl (C=O) groups is 2. The molecule has 0 saturated carbocycles. The first-order chi connectivity index (χ1) is 12.4. The molecule has 146 valence electrons. The lowest BCUT2D eigenvalue weighted by Crippen LogP contribution is -2.26. The van der Waals surface area contributed by atoms with Crippen molar-refractivity contribution in [3.63, 3.8) is 0 Å². The Morgan fingerprint density at radius 3 is 1.89 bits per heavy atom. The van der Waals surface area contributed by atoms with Crippen molar-refractivity contribution in [2.24, 2.45) is 0 Å². The predicted octanol–water partition coefficient (Wildman–Crippen LogP) is -1.88. The summed E-state index contributed by atoms with van der Waals surface area (Å²) in [5, 5.41) is 22.8. The van der Waals surface area contributed by atoms with Crippen molar-refractivity contribution >= 4 is 24.3 Å². The van der Waals surface area contributed by atoms with Gasteiger partial charge in [0.25, 0.3) is 0 Å². The molecule has 14 nitrogen and oxygen atoms in total. The fourth-order valence-electron chi connectivity index (χ4n) is 1.74. The van der Waals surface area contributed by atoms with Crippen molar-refractivity contribution in [1.29, 1.82) is 0 Å². The zero-order chi connectivity index (χ0) is 19.1. The van der Waals surface area contributed by atoms with Crippen LogP contribution in [0.3, 0.4) is 0 Å². The minimum absolute atomic E-state index is 0. The lowest BCUT2D eigenvalue weighted by molar-refractivity contribution is -0.135. The van der Waals surface area contributed by atoms with E-state index in [0.717, 1.165) is 43.3 Å². The summed E-state index contributed by atoms with van der Waals surface area (Å²) in [6.07, 6.45) is 4.16. The maximum atomic E-state index is 12.0. The first-order valence-corrected chi connectivity index (χ1v) is 7.14. The molecule has 27 heavy (non-hydrogen) atoms. The summed E-state index contributed by atoms with van der Waals surface area (Å²) in [7, 11) is 1.20. The van der Waals surface area contributed by atoms with E-state index in [1.807, 2.05) is 0 Å². The molecule has 14 heteroatoms. The highest BCUT2D eigenvalue weighted by atomic mass is 16.5. The Kier molecular flexibility index (Phi) is 7.53. The summed E-state index contributed by atoms with van der Waals surface area (Å²) in [4.78, 5) is 45.2. The van der Waals surface area contributed by atoms with E-state index in [-0.39, 0.29) is 20.5 Å². The molecular weight excluding hydrogens is 364 g/mol. The van der Waals surface area contributed by atoms with Gasteiger partial charge < -0.3 is 9.84 Å². The molecule has 0 unspecified atom stereocenters. The molecule has 2 aromatic heterocycles. The van der Waals surface area contributed by atoms with Gasteiger partial charge in [-0.1, -0.05) is 7.43 Å². The average molecular weight is 382 g/mol. The van der Waals surface area contributed by atoms with Crippen LogP contribution in [0.4, 0.5) is 0 Å². The molecule has 0 spiro atoms. The number of carboxylic acids is 1. The zero-order valence-corrected chi connectivity index (χ0v) is 13.5. The molecule has 0 aliphatic heterocycles. The molecule has 0 bridgehead atoms. The van der Waals surface area contributed by atoms with Gasteiger partial charge in [0.05, 0.1) is 20.2 Å². The van der Waals surface area contributed by atoms with E-state index in [1.54, 1.807) is 0 Å². The Balaban J connectivity index is 0.00000364. The minimum atomic E-state index is -1.23. The van der Waals surface area contributed by atoms with Gasteiger partial charge in [0, 0.05) is 24.6 Å². The summed E-state index contributed by atoms with van der Waals surface area (Å²) in [5.74, 6) is -1.87. The van der Waals surface area contributed by atoms with Crippen LogP contribution >= 0.6 is 0 Å². The SMILES string of the molecule is C.COC(=O)/C=C\n1nnn(CCCn2nnn(/C=C/C(=O)O)c2=O)c1=O. The fourth-order valence-corrected chi connectivity index (χ4v) is 1.74.